The van der Waals surface area contributed by atoms with Gasteiger partial charge >= 0.3 is 6.03 Å². The molecule has 3 aliphatic heterocycles. The molecule has 0 aliphatic carbocycles. The van der Waals surface area contributed by atoms with Crippen LogP contribution in [0.3, 0.4) is 0 Å². The van der Waals surface area contributed by atoms with Crippen molar-refractivity contribution >= 4 is 23.5 Å². The number of benzene rings is 2. The van der Waals surface area contributed by atoms with Gasteiger partial charge in [0.2, 0.25) is 5.91 Å². The molecule has 0 radical (unpaired) electrons. The lowest BCUT2D eigenvalue weighted by Gasteiger charge is -2.47. The van der Waals surface area contributed by atoms with Crippen LogP contribution >= 0.6 is 0 Å². The fraction of sp³-hybridized carbons (Fsp3) is 0.394. The van der Waals surface area contributed by atoms with E-state index < -0.39 is 23.3 Å². The Morgan fingerprint density at radius 1 is 0.881 bits per heavy atom. The number of carbonyl (C=O) groups excluding carboxylic acids is 3. The molecule has 2 bridgehead atoms. The first kappa shape index (κ1) is 27.9. The number of urea groups is 1. The average molecular weight is 569 g/mol. The van der Waals surface area contributed by atoms with Gasteiger partial charge in [-0.05, 0) is 73.6 Å². The van der Waals surface area contributed by atoms with Crippen LogP contribution in [0.1, 0.15) is 43.0 Å². The van der Waals surface area contributed by atoms with Crippen LogP contribution in [0.2, 0.25) is 0 Å². The summed E-state index contributed by atoms with van der Waals surface area (Å²) in [6.07, 6.45) is 1.91. The van der Waals surface area contributed by atoms with Crippen molar-refractivity contribution in [3.05, 3.63) is 93.9 Å². The normalized spacial score (nSPS) is 23.9. The lowest BCUT2D eigenvalue weighted by molar-refractivity contribution is -0.144. The van der Waals surface area contributed by atoms with E-state index in [2.05, 4.69) is 10.2 Å². The first-order chi connectivity index (χ1) is 20.3. The smallest absolute Gasteiger partial charge is 0.335 e. The number of fused-ring (bicyclic) bond motifs is 4. The van der Waals surface area contributed by atoms with Crippen molar-refractivity contribution in [3.63, 3.8) is 0 Å². The number of aromatic nitrogens is 1. The molecule has 42 heavy (non-hydrogen) atoms. The van der Waals surface area contributed by atoms with Crippen molar-refractivity contribution in [2.24, 2.45) is 11.3 Å². The molecule has 2 aromatic carbocycles. The highest BCUT2D eigenvalue weighted by Crippen LogP contribution is 2.39. The molecular weight excluding hydrogens is 532 g/mol. The van der Waals surface area contributed by atoms with Crippen molar-refractivity contribution in [1.29, 1.82) is 0 Å². The van der Waals surface area contributed by atoms with Gasteiger partial charge in [0.05, 0.1) is 12.3 Å². The van der Waals surface area contributed by atoms with Crippen LogP contribution in [0.15, 0.2) is 71.5 Å². The molecule has 2 fully saturated rings. The zero-order valence-electron chi connectivity index (χ0n) is 24.0. The molecule has 218 valence electrons. The third-order valence-corrected chi connectivity index (χ3v) is 8.86. The van der Waals surface area contributed by atoms with E-state index in [0.717, 1.165) is 34.6 Å². The van der Waals surface area contributed by atoms with Gasteiger partial charge in [-0.15, -0.1) is 0 Å². The molecule has 0 spiro atoms. The minimum absolute atomic E-state index is 0.00713. The molecule has 1 N–H and O–H groups in total. The lowest BCUT2D eigenvalue weighted by Crippen LogP contribution is -2.68. The number of nitrogens with one attached hydrogen (secondary N) is 1. The van der Waals surface area contributed by atoms with Gasteiger partial charge in [0.15, 0.2) is 0 Å². The standard InChI is InChI=1S/C33H36N4O5/c1-3-22-8-12-26(13-9-22)37-31(40)33(30(39)34-32(37)41,17-23-10-14-27(15-11-23)42-4-2)21-35-18-24-16-25(20-35)28-6-5-7-29(38)36(28)19-24/h5-15,24-25H,3-4,16-21H2,1-2H3,(H,34,39,41)/t24?,25-,33?/m0/s1. The maximum absolute atomic E-state index is 14.5. The second-order valence-corrected chi connectivity index (χ2v) is 11.6. The second kappa shape index (κ2) is 11.2. The fourth-order valence-electron chi connectivity index (χ4n) is 6.87. The van der Waals surface area contributed by atoms with Crippen LogP contribution in [-0.2, 0) is 29.0 Å². The molecule has 3 aromatic rings. The molecule has 1 aromatic heterocycles. The third kappa shape index (κ3) is 5.02. The van der Waals surface area contributed by atoms with E-state index in [1.165, 1.54) is 0 Å². The maximum Gasteiger partial charge on any atom is 0.335 e. The van der Waals surface area contributed by atoms with E-state index in [9.17, 15) is 19.2 Å². The van der Waals surface area contributed by atoms with E-state index in [4.69, 9.17) is 4.74 Å². The summed E-state index contributed by atoms with van der Waals surface area (Å²) in [6, 6.07) is 19.4. The van der Waals surface area contributed by atoms with Gasteiger partial charge in [0, 0.05) is 43.9 Å². The summed E-state index contributed by atoms with van der Waals surface area (Å²) in [7, 11) is 0. The maximum atomic E-state index is 14.5. The highest BCUT2D eigenvalue weighted by molar-refractivity contribution is 6.30. The summed E-state index contributed by atoms with van der Waals surface area (Å²) >= 11 is 0. The molecule has 3 atom stereocenters. The highest BCUT2D eigenvalue weighted by atomic mass is 16.5. The van der Waals surface area contributed by atoms with Crippen molar-refractivity contribution in [2.75, 3.05) is 31.1 Å². The van der Waals surface area contributed by atoms with Crippen LogP contribution in [0.25, 0.3) is 0 Å². The number of rotatable bonds is 8. The summed E-state index contributed by atoms with van der Waals surface area (Å²) in [4.78, 5) is 57.4. The first-order valence-corrected chi connectivity index (χ1v) is 14.7. The van der Waals surface area contributed by atoms with Crippen LogP contribution < -0.4 is 20.5 Å². The second-order valence-electron chi connectivity index (χ2n) is 11.6. The molecular formula is C33H36N4O5. The van der Waals surface area contributed by atoms with Crippen molar-refractivity contribution in [2.45, 2.75) is 45.6 Å². The number of barbiturate groups is 1. The Morgan fingerprint density at radius 2 is 1.62 bits per heavy atom. The van der Waals surface area contributed by atoms with Gasteiger partial charge in [0.25, 0.3) is 11.5 Å². The number of amides is 4. The predicted molar refractivity (Wildman–Crippen MR) is 159 cm³/mol. The molecule has 4 heterocycles. The fourth-order valence-corrected chi connectivity index (χ4v) is 6.87. The number of hydrogen-bond donors (Lipinski definition) is 1. The Kier molecular flexibility index (Phi) is 7.45. The number of nitrogens with zero attached hydrogens (tertiary/aromatic N) is 3. The number of carbonyl (C=O) groups is 3. The van der Waals surface area contributed by atoms with Gasteiger partial charge in [-0.2, -0.15) is 0 Å². The van der Waals surface area contributed by atoms with Crippen molar-refractivity contribution in [3.8, 4) is 5.75 Å². The minimum Gasteiger partial charge on any atom is -0.494 e. The quantitative estimate of drug-likeness (QED) is 0.416. The molecule has 9 nitrogen and oxygen atoms in total. The zero-order chi connectivity index (χ0) is 29.4. The number of pyridine rings is 1. The van der Waals surface area contributed by atoms with Crippen LogP contribution in [0, 0.1) is 11.3 Å². The first-order valence-electron chi connectivity index (χ1n) is 14.7. The Hall–Kier alpha value is -4.24. The topological polar surface area (TPSA) is 101 Å². The average Bonchev–Trinajstić information content (AvgIpc) is 2.98. The van der Waals surface area contributed by atoms with Gasteiger partial charge in [-0.25, -0.2) is 9.69 Å². The summed E-state index contributed by atoms with van der Waals surface area (Å²) in [5.41, 5.74) is 1.78. The van der Waals surface area contributed by atoms with E-state index in [-0.39, 0.29) is 30.4 Å². The van der Waals surface area contributed by atoms with Gasteiger partial charge in [-0.1, -0.05) is 37.3 Å². The van der Waals surface area contributed by atoms with E-state index in [1.54, 1.807) is 24.3 Å². The number of piperidine rings is 1. The number of anilines is 1. The summed E-state index contributed by atoms with van der Waals surface area (Å²) < 4.78 is 7.46. The summed E-state index contributed by atoms with van der Waals surface area (Å²) in [5.74, 6) is -0.0582. The number of likely N-dealkylation sites (tertiary alicyclic amines) is 1. The number of hydrogen-bond acceptors (Lipinski definition) is 6. The van der Waals surface area contributed by atoms with E-state index >= 15 is 0 Å². The molecule has 0 saturated carbocycles. The minimum atomic E-state index is -1.54. The Balaban J connectivity index is 1.36. The number of imide groups is 2. The Morgan fingerprint density at radius 3 is 2.33 bits per heavy atom. The van der Waals surface area contributed by atoms with Crippen molar-refractivity contribution < 1.29 is 19.1 Å². The van der Waals surface area contributed by atoms with Crippen LogP contribution in [0.5, 0.6) is 5.75 Å². The molecule has 3 aliphatic rings. The van der Waals surface area contributed by atoms with Gasteiger partial charge in [0.1, 0.15) is 11.2 Å². The molecule has 2 saturated heterocycles. The summed E-state index contributed by atoms with van der Waals surface area (Å²) in [5, 5.41) is 2.52. The van der Waals surface area contributed by atoms with Crippen LogP contribution in [-0.4, -0.2) is 53.6 Å². The third-order valence-electron chi connectivity index (χ3n) is 8.86. The molecule has 9 heteroatoms. The largest absolute Gasteiger partial charge is 0.494 e. The highest BCUT2D eigenvalue weighted by Gasteiger charge is 2.55. The lowest BCUT2D eigenvalue weighted by atomic mass is 9.75. The van der Waals surface area contributed by atoms with E-state index in [0.29, 0.717) is 37.7 Å². The number of aryl methyl sites for hydroxylation is 1. The van der Waals surface area contributed by atoms with Crippen molar-refractivity contribution in [1.82, 2.24) is 14.8 Å². The zero-order valence-corrected chi connectivity index (χ0v) is 24.0. The van der Waals surface area contributed by atoms with Gasteiger partial charge in [-0.3, -0.25) is 19.7 Å². The Bertz CT molecular complexity index is 1560. The monoisotopic (exact) mass is 568 g/mol. The predicted octanol–water partition coefficient (Wildman–Crippen LogP) is 3.74. The molecule has 6 rings (SSSR count). The molecule has 4 amide bonds. The van der Waals surface area contributed by atoms with E-state index in [1.807, 2.05) is 60.9 Å². The van der Waals surface area contributed by atoms with Crippen LogP contribution in [0.4, 0.5) is 10.5 Å². The Labute approximate surface area is 245 Å². The summed E-state index contributed by atoms with van der Waals surface area (Å²) in [6.45, 7) is 6.53. The number of ether oxygens (including phenoxy) is 1. The van der Waals surface area contributed by atoms with Gasteiger partial charge < -0.3 is 14.2 Å². The molecule has 2 unspecified atom stereocenters. The SMILES string of the molecule is CCOc1ccc(CC2(CN3CC4C[C@@H](C3)c3cccc(=O)n3C4)C(=O)NC(=O)N(c3ccc(CC)cc3)C2=O)cc1.